The number of para-hydroxylation sites is 1. The first kappa shape index (κ1) is 24.7. The molecule has 1 amide bonds. The van der Waals surface area contributed by atoms with Crippen LogP contribution >= 0.6 is 23.1 Å². The third kappa shape index (κ3) is 5.36. The number of carbonyl (C=O) groups is 2. The number of benzene rings is 1. The standard InChI is InChI=1S/C22H27N5O4S2/c1-6-26(7-2)21-24-18-17(33-21)19(29)27(13(3)4)22(25-18)32-12-16(28)23-15-11-9-8-10-14(15)20(30)31-5/h8-11,13H,6-7,12H2,1-5H3,(H,23,28). The van der Waals surface area contributed by atoms with E-state index in [1.54, 1.807) is 28.8 Å². The highest BCUT2D eigenvalue weighted by Gasteiger charge is 2.20. The average molecular weight is 490 g/mol. The number of hydrogen-bond acceptors (Lipinski definition) is 9. The normalized spacial score (nSPS) is 11.1. The van der Waals surface area contributed by atoms with E-state index in [0.29, 0.717) is 21.2 Å². The van der Waals surface area contributed by atoms with Crippen LogP contribution in [-0.4, -0.2) is 52.4 Å². The molecule has 176 valence electrons. The molecular formula is C22H27N5O4S2. The minimum absolute atomic E-state index is 0.00716. The molecule has 11 heteroatoms. The number of nitrogens with zero attached hydrogens (tertiary/aromatic N) is 4. The maximum atomic E-state index is 13.2. The molecule has 0 saturated heterocycles. The van der Waals surface area contributed by atoms with Crippen molar-refractivity contribution in [3.05, 3.63) is 40.2 Å². The molecule has 1 aromatic carbocycles. The summed E-state index contributed by atoms with van der Waals surface area (Å²) in [6.07, 6.45) is 0. The number of ether oxygens (including phenoxy) is 1. The molecule has 1 N–H and O–H groups in total. The number of thioether (sulfide) groups is 1. The quantitative estimate of drug-likeness (QED) is 0.275. The van der Waals surface area contributed by atoms with E-state index < -0.39 is 5.97 Å². The zero-order chi connectivity index (χ0) is 24.1. The Morgan fingerprint density at radius 1 is 1.21 bits per heavy atom. The van der Waals surface area contributed by atoms with Crippen LogP contribution in [0.15, 0.2) is 34.2 Å². The summed E-state index contributed by atoms with van der Waals surface area (Å²) in [5.41, 5.74) is 0.860. The van der Waals surface area contributed by atoms with Gasteiger partial charge in [0.2, 0.25) is 5.91 Å². The number of amides is 1. The molecule has 0 atom stereocenters. The van der Waals surface area contributed by atoms with E-state index in [1.807, 2.05) is 27.7 Å². The summed E-state index contributed by atoms with van der Waals surface area (Å²) in [5, 5.41) is 3.92. The zero-order valence-electron chi connectivity index (χ0n) is 19.2. The van der Waals surface area contributed by atoms with Gasteiger partial charge in [0.15, 0.2) is 15.9 Å². The Morgan fingerprint density at radius 2 is 1.91 bits per heavy atom. The zero-order valence-corrected chi connectivity index (χ0v) is 20.9. The Kier molecular flexibility index (Phi) is 8.09. The van der Waals surface area contributed by atoms with Crippen LogP contribution in [0, 0.1) is 0 Å². The second kappa shape index (κ2) is 10.8. The van der Waals surface area contributed by atoms with Gasteiger partial charge in [0.1, 0.15) is 4.70 Å². The predicted molar refractivity (Wildman–Crippen MR) is 133 cm³/mol. The van der Waals surface area contributed by atoms with Gasteiger partial charge in [-0.2, -0.15) is 4.98 Å². The summed E-state index contributed by atoms with van der Waals surface area (Å²) in [7, 11) is 1.29. The van der Waals surface area contributed by atoms with Crippen molar-refractivity contribution >= 4 is 56.1 Å². The number of thiazole rings is 1. The van der Waals surface area contributed by atoms with E-state index in [9.17, 15) is 14.4 Å². The average Bonchev–Trinajstić information content (AvgIpc) is 3.22. The van der Waals surface area contributed by atoms with Crippen molar-refractivity contribution in [3.63, 3.8) is 0 Å². The molecule has 2 aromatic heterocycles. The van der Waals surface area contributed by atoms with E-state index in [4.69, 9.17) is 4.74 Å². The van der Waals surface area contributed by atoms with Crippen molar-refractivity contribution in [1.82, 2.24) is 14.5 Å². The first-order chi connectivity index (χ1) is 15.8. The fraction of sp³-hybridized carbons (Fsp3) is 0.409. The molecule has 0 saturated carbocycles. The molecule has 0 aliphatic carbocycles. The maximum Gasteiger partial charge on any atom is 0.339 e. The summed E-state index contributed by atoms with van der Waals surface area (Å²) in [4.78, 5) is 49.0. The summed E-state index contributed by atoms with van der Waals surface area (Å²) in [5.74, 6) is -0.859. The molecule has 3 aromatic rings. The van der Waals surface area contributed by atoms with Crippen LogP contribution in [0.25, 0.3) is 10.3 Å². The molecule has 3 rings (SSSR count). The van der Waals surface area contributed by atoms with Crippen LogP contribution in [0.3, 0.4) is 0 Å². The molecule has 0 bridgehead atoms. The van der Waals surface area contributed by atoms with Crippen LogP contribution in [-0.2, 0) is 9.53 Å². The fourth-order valence-electron chi connectivity index (χ4n) is 3.24. The minimum Gasteiger partial charge on any atom is -0.465 e. The Labute approximate surface area is 200 Å². The van der Waals surface area contributed by atoms with Gasteiger partial charge in [-0.05, 0) is 39.8 Å². The SMILES string of the molecule is CCN(CC)c1nc2nc(SCC(=O)Nc3ccccc3C(=O)OC)n(C(C)C)c(=O)c2s1. The van der Waals surface area contributed by atoms with Gasteiger partial charge in [-0.15, -0.1) is 0 Å². The Bertz CT molecular complexity index is 1220. The number of fused-ring (bicyclic) bond motifs is 1. The summed E-state index contributed by atoms with van der Waals surface area (Å²) in [6.45, 7) is 9.43. The first-order valence-electron chi connectivity index (χ1n) is 10.6. The monoisotopic (exact) mass is 489 g/mol. The summed E-state index contributed by atoms with van der Waals surface area (Å²) < 4.78 is 6.86. The molecule has 0 spiro atoms. The number of esters is 1. The number of methoxy groups -OCH3 is 1. The Hall–Kier alpha value is -2.92. The van der Waals surface area contributed by atoms with Gasteiger partial charge in [0, 0.05) is 19.1 Å². The van der Waals surface area contributed by atoms with Crippen molar-refractivity contribution in [2.75, 3.05) is 36.2 Å². The number of rotatable bonds is 9. The molecule has 2 heterocycles. The Morgan fingerprint density at radius 3 is 2.55 bits per heavy atom. The fourth-order valence-corrected chi connectivity index (χ4v) is 5.23. The van der Waals surface area contributed by atoms with Crippen molar-refractivity contribution in [1.29, 1.82) is 0 Å². The van der Waals surface area contributed by atoms with Crippen molar-refractivity contribution in [2.24, 2.45) is 0 Å². The number of hydrogen-bond donors (Lipinski definition) is 1. The third-order valence-corrected chi connectivity index (χ3v) is 6.95. The maximum absolute atomic E-state index is 13.2. The van der Waals surface area contributed by atoms with Gasteiger partial charge >= 0.3 is 5.97 Å². The van der Waals surface area contributed by atoms with Gasteiger partial charge < -0.3 is 15.0 Å². The highest BCUT2D eigenvalue weighted by molar-refractivity contribution is 7.99. The van der Waals surface area contributed by atoms with Crippen molar-refractivity contribution in [2.45, 2.75) is 38.9 Å². The first-order valence-corrected chi connectivity index (χ1v) is 12.4. The molecule has 0 aliphatic rings. The molecule has 33 heavy (non-hydrogen) atoms. The summed E-state index contributed by atoms with van der Waals surface area (Å²) >= 11 is 2.50. The molecular weight excluding hydrogens is 462 g/mol. The lowest BCUT2D eigenvalue weighted by atomic mass is 10.2. The van der Waals surface area contributed by atoms with Crippen LogP contribution in [0.1, 0.15) is 44.1 Å². The van der Waals surface area contributed by atoms with Gasteiger partial charge in [0.05, 0.1) is 24.1 Å². The largest absolute Gasteiger partial charge is 0.465 e. The lowest BCUT2D eigenvalue weighted by Gasteiger charge is -2.15. The highest BCUT2D eigenvalue weighted by atomic mass is 32.2. The number of carbonyl (C=O) groups excluding carboxylic acids is 2. The Balaban J connectivity index is 1.87. The van der Waals surface area contributed by atoms with E-state index in [0.717, 1.165) is 30.0 Å². The topological polar surface area (TPSA) is 106 Å². The van der Waals surface area contributed by atoms with Crippen LogP contribution in [0.2, 0.25) is 0 Å². The summed E-state index contributed by atoms with van der Waals surface area (Å²) in [6, 6.07) is 6.48. The predicted octanol–water partition coefficient (Wildman–Crippen LogP) is 3.80. The van der Waals surface area contributed by atoms with Crippen molar-refractivity contribution in [3.8, 4) is 0 Å². The lowest BCUT2D eigenvalue weighted by Crippen LogP contribution is -2.25. The number of aromatic nitrogens is 3. The lowest BCUT2D eigenvalue weighted by molar-refractivity contribution is -0.113. The smallest absolute Gasteiger partial charge is 0.339 e. The second-order valence-electron chi connectivity index (χ2n) is 7.36. The molecule has 0 radical (unpaired) electrons. The molecule has 0 aliphatic heterocycles. The molecule has 0 unspecified atom stereocenters. The van der Waals surface area contributed by atoms with Crippen molar-refractivity contribution < 1.29 is 14.3 Å². The third-order valence-electron chi connectivity index (χ3n) is 4.91. The van der Waals surface area contributed by atoms with E-state index in [-0.39, 0.29) is 28.8 Å². The van der Waals surface area contributed by atoms with Gasteiger partial charge in [0.25, 0.3) is 5.56 Å². The van der Waals surface area contributed by atoms with Gasteiger partial charge in [-0.25, -0.2) is 9.78 Å². The molecule has 0 fully saturated rings. The van der Waals surface area contributed by atoms with Gasteiger partial charge in [-0.3, -0.25) is 14.2 Å². The van der Waals surface area contributed by atoms with E-state index in [1.165, 1.54) is 18.4 Å². The second-order valence-corrected chi connectivity index (χ2v) is 9.28. The van der Waals surface area contributed by atoms with E-state index in [2.05, 4.69) is 20.2 Å². The van der Waals surface area contributed by atoms with Gasteiger partial charge in [-0.1, -0.05) is 35.2 Å². The number of anilines is 2. The van der Waals surface area contributed by atoms with Crippen LogP contribution in [0.5, 0.6) is 0 Å². The number of nitrogens with one attached hydrogen (secondary N) is 1. The van der Waals surface area contributed by atoms with Crippen LogP contribution in [0.4, 0.5) is 10.8 Å². The van der Waals surface area contributed by atoms with Crippen LogP contribution < -0.4 is 15.8 Å². The minimum atomic E-state index is -0.535. The molecule has 9 nitrogen and oxygen atoms in total. The van der Waals surface area contributed by atoms with E-state index >= 15 is 0 Å². The highest BCUT2D eigenvalue weighted by Crippen LogP contribution is 2.28.